The average Bonchev–Trinajstić information content (AvgIpc) is 2.43. The van der Waals surface area contributed by atoms with Gasteiger partial charge in [-0.05, 0) is 36.1 Å². The molecule has 1 atom stereocenters. The highest BCUT2D eigenvalue weighted by molar-refractivity contribution is 5.89. The smallest absolute Gasteiger partial charge is 0.337 e. The Morgan fingerprint density at radius 2 is 2.00 bits per heavy atom. The monoisotopic (exact) mass is 244 g/mol. The lowest BCUT2D eigenvalue weighted by Gasteiger charge is -1.97. The van der Waals surface area contributed by atoms with Gasteiger partial charge in [0.25, 0.3) is 0 Å². The van der Waals surface area contributed by atoms with Gasteiger partial charge in [-0.1, -0.05) is 11.8 Å². The van der Waals surface area contributed by atoms with Crippen molar-refractivity contribution < 1.29 is 19.7 Å². The summed E-state index contributed by atoms with van der Waals surface area (Å²) in [6.45, 7) is -0.414. The molecule has 0 saturated heterocycles. The molecule has 1 rings (SSSR count). The predicted molar refractivity (Wildman–Crippen MR) is 65.5 cm³/mol. The molecule has 2 N–H and O–H groups in total. The Balaban J connectivity index is 2.72. The zero-order valence-electron chi connectivity index (χ0n) is 9.80. The number of rotatable bonds is 2. The Morgan fingerprint density at radius 3 is 2.56 bits per heavy atom. The van der Waals surface area contributed by atoms with Crippen LogP contribution in [0.3, 0.4) is 0 Å². The summed E-state index contributed by atoms with van der Waals surface area (Å²) >= 11 is 0. The van der Waals surface area contributed by atoms with Gasteiger partial charge >= 0.3 is 5.97 Å². The SMILES string of the molecule is COC(=O)c1ccc(C#CC#CC(O)CO)cc1. The second-order valence-corrected chi connectivity index (χ2v) is 3.29. The lowest BCUT2D eigenvalue weighted by molar-refractivity contribution is 0.0600. The summed E-state index contributed by atoms with van der Waals surface area (Å²) in [5.74, 6) is 9.64. The van der Waals surface area contributed by atoms with Crippen LogP contribution in [0.1, 0.15) is 15.9 Å². The molecule has 1 unspecified atom stereocenters. The van der Waals surface area contributed by atoms with E-state index >= 15 is 0 Å². The minimum atomic E-state index is -1.07. The molecule has 4 nitrogen and oxygen atoms in total. The number of esters is 1. The summed E-state index contributed by atoms with van der Waals surface area (Å²) in [5, 5.41) is 17.4. The fourth-order valence-electron chi connectivity index (χ4n) is 1.08. The maximum absolute atomic E-state index is 11.2. The maximum Gasteiger partial charge on any atom is 0.337 e. The number of benzene rings is 1. The van der Waals surface area contributed by atoms with Gasteiger partial charge in [0.05, 0.1) is 19.3 Å². The van der Waals surface area contributed by atoms with Crippen molar-refractivity contribution in [2.75, 3.05) is 13.7 Å². The van der Waals surface area contributed by atoms with Gasteiger partial charge in [0.2, 0.25) is 0 Å². The first-order valence-electron chi connectivity index (χ1n) is 5.16. The zero-order chi connectivity index (χ0) is 13.4. The van der Waals surface area contributed by atoms with Crippen LogP contribution in [0, 0.1) is 23.7 Å². The van der Waals surface area contributed by atoms with Gasteiger partial charge in [-0.25, -0.2) is 4.79 Å². The van der Waals surface area contributed by atoms with Crippen molar-refractivity contribution in [1.29, 1.82) is 0 Å². The second-order valence-electron chi connectivity index (χ2n) is 3.29. The van der Waals surface area contributed by atoms with E-state index in [1.807, 2.05) is 0 Å². The molecule has 1 aromatic rings. The number of aliphatic hydroxyl groups is 2. The Morgan fingerprint density at radius 1 is 1.33 bits per heavy atom. The molecule has 0 saturated carbocycles. The van der Waals surface area contributed by atoms with Crippen LogP contribution in [0.4, 0.5) is 0 Å². The number of hydrogen-bond acceptors (Lipinski definition) is 4. The number of carbonyl (C=O) groups is 1. The van der Waals surface area contributed by atoms with Crippen LogP contribution in [-0.2, 0) is 4.74 Å². The topological polar surface area (TPSA) is 66.8 Å². The van der Waals surface area contributed by atoms with Crippen molar-refractivity contribution >= 4 is 5.97 Å². The lowest BCUT2D eigenvalue weighted by atomic mass is 10.1. The van der Waals surface area contributed by atoms with Gasteiger partial charge in [-0.3, -0.25) is 0 Å². The van der Waals surface area contributed by atoms with E-state index in [1.165, 1.54) is 7.11 Å². The molecule has 0 aliphatic carbocycles. The molecule has 4 heteroatoms. The van der Waals surface area contributed by atoms with E-state index in [4.69, 9.17) is 10.2 Å². The number of ether oxygens (including phenoxy) is 1. The molecular formula is C14H12O4. The first-order valence-corrected chi connectivity index (χ1v) is 5.16. The van der Waals surface area contributed by atoms with Crippen LogP contribution in [0.15, 0.2) is 24.3 Å². The van der Waals surface area contributed by atoms with Crippen molar-refractivity contribution in [3.8, 4) is 23.7 Å². The summed E-state index contributed by atoms with van der Waals surface area (Å²) in [4.78, 5) is 11.2. The van der Waals surface area contributed by atoms with Crippen LogP contribution < -0.4 is 0 Å². The number of carbonyl (C=O) groups excluding carboxylic acids is 1. The highest BCUT2D eigenvalue weighted by Gasteiger charge is 2.02. The highest BCUT2D eigenvalue weighted by atomic mass is 16.5. The van der Waals surface area contributed by atoms with Gasteiger partial charge in [0, 0.05) is 5.56 Å². The van der Waals surface area contributed by atoms with Crippen molar-refractivity contribution in [3.05, 3.63) is 35.4 Å². The van der Waals surface area contributed by atoms with Gasteiger partial charge < -0.3 is 14.9 Å². The molecule has 0 aliphatic heterocycles. The molecule has 0 aromatic heterocycles. The highest BCUT2D eigenvalue weighted by Crippen LogP contribution is 2.04. The third-order valence-electron chi connectivity index (χ3n) is 1.99. The van der Waals surface area contributed by atoms with Gasteiger partial charge in [0.1, 0.15) is 6.10 Å². The van der Waals surface area contributed by atoms with Crippen molar-refractivity contribution in [2.24, 2.45) is 0 Å². The Kier molecular flexibility index (Phi) is 5.47. The molecule has 0 radical (unpaired) electrons. The molecule has 0 spiro atoms. The second kappa shape index (κ2) is 7.13. The molecule has 0 heterocycles. The van der Waals surface area contributed by atoms with Crippen LogP contribution in [-0.4, -0.2) is 36.0 Å². The van der Waals surface area contributed by atoms with E-state index in [0.29, 0.717) is 11.1 Å². The van der Waals surface area contributed by atoms with Crippen molar-refractivity contribution in [3.63, 3.8) is 0 Å². The standard InChI is InChI=1S/C14H12O4/c1-18-14(17)12-8-6-11(7-9-12)4-2-3-5-13(16)10-15/h6-9,13,15-16H,10H2,1H3. The summed E-state index contributed by atoms with van der Waals surface area (Å²) in [5.41, 5.74) is 1.14. The molecule has 1 aromatic carbocycles. The van der Waals surface area contributed by atoms with Crippen molar-refractivity contribution in [1.82, 2.24) is 0 Å². The predicted octanol–water partition coefficient (Wildman–Crippen LogP) is 0.181. The molecule has 0 bridgehead atoms. The Labute approximate surface area is 105 Å². The summed E-state index contributed by atoms with van der Waals surface area (Å²) in [6.07, 6.45) is -1.07. The van der Waals surface area contributed by atoms with E-state index in [-0.39, 0.29) is 0 Å². The first kappa shape index (κ1) is 13.8. The van der Waals surface area contributed by atoms with Crippen LogP contribution in [0.2, 0.25) is 0 Å². The van der Waals surface area contributed by atoms with Gasteiger partial charge in [0.15, 0.2) is 0 Å². The molecule has 92 valence electrons. The summed E-state index contributed by atoms with van der Waals surface area (Å²) in [7, 11) is 1.32. The molecular weight excluding hydrogens is 232 g/mol. The van der Waals surface area contributed by atoms with E-state index in [1.54, 1.807) is 24.3 Å². The lowest BCUT2D eigenvalue weighted by Crippen LogP contribution is -2.07. The molecule has 0 amide bonds. The number of methoxy groups -OCH3 is 1. The Bertz CT molecular complexity index is 523. The summed E-state index contributed by atoms with van der Waals surface area (Å²) in [6, 6.07) is 6.55. The molecule has 18 heavy (non-hydrogen) atoms. The molecule has 0 fully saturated rings. The first-order chi connectivity index (χ1) is 8.67. The van der Waals surface area contributed by atoms with E-state index in [0.717, 1.165) is 0 Å². The fourth-order valence-corrected chi connectivity index (χ4v) is 1.08. The zero-order valence-corrected chi connectivity index (χ0v) is 9.80. The van der Waals surface area contributed by atoms with E-state index in [9.17, 15) is 4.79 Å². The van der Waals surface area contributed by atoms with Crippen molar-refractivity contribution in [2.45, 2.75) is 6.10 Å². The van der Waals surface area contributed by atoms with Gasteiger partial charge in [-0.2, -0.15) is 0 Å². The van der Waals surface area contributed by atoms with Crippen LogP contribution in [0.25, 0.3) is 0 Å². The number of aliphatic hydroxyl groups excluding tert-OH is 2. The van der Waals surface area contributed by atoms with E-state index < -0.39 is 18.7 Å². The quantitative estimate of drug-likeness (QED) is 0.575. The van der Waals surface area contributed by atoms with Crippen LogP contribution >= 0.6 is 0 Å². The Hall–Kier alpha value is -2.27. The minimum Gasteiger partial charge on any atom is -0.465 e. The largest absolute Gasteiger partial charge is 0.465 e. The average molecular weight is 244 g/mol. The minimum absolute atomic E-state index is 0.402. The van der Waals surface area contributed by atoms with E-state index in [2.05, 4.69) is 28.4 Å². The summed E-state index contributed by atoms with van der Waals surface area (Å²) < 4.78 is 4.56. The normalized spacial score (nSPS) is 10.4. The number of hydrogen-bond donors (Lipinski definition) is 2. The van der Waals surface area contributed by atoms with Gasteiger partial charge in [-0.15, -0.1) is 0 Å². The molecule has 0 aliphatic rings. The third-order valence-corrected chi connectivity index (χ3v) is 1.99. The maximum atomic E-state index is 11.2. The van der Waals surface area contributed by atoms with Crippen LogP contribution in [0.5, 0.6) is 0 Å². The fraction of sp³-hybridized carbons (Fsp3) is 0.214. The third kappa shape index (κ3) is 4.31.